The number of rotatable bonds is 4. The van der Waals surface area contributed by atoms with E-state index in [0.29, 0.717) is 16.5 Å². The normalized spacial score (nSPS) is 12.2. The second-order valence-electron chi connectivity index (χ2n) is 3.91. The van der Waals surface area contributed by atoms with Crippen molar-refractivity contribution in [3.05, 3.63) is 46.6 Å². The molecule has 0 saturated carbocycles. The Hall–Kier alpha value is -1.92. The predicted molar refractivity (Wildman–Crippen MR) is 67.8 cm³/mol. The smallest absolute Gasteiger partial charge is 0.292 e. The van der Waals surface area contributed by atoms with Crippen LogP contribution in [0, 0.1) is 6.92 Å². The van der Waals surface area contributed by atoms with Crippen molar-refractivity contribution in [1.82, 2.24) is 15.5 Å². The Balaban J connectivity index is 1.91. The predicted octanol–water partition coefficient (Wildman–Crippen LogP) is 1.49. The number of aryl methyl sites for hydroxylation is 1. The number of aliphatic hydroxyl groups excluding tert-OH is 1. The summed E-state index contributed by atoms with van der Waals surface area (Å²) in [5, 5.41) is 16.5. The molecule has 0 bridgehead atoms. The molecular formula is C12H12ClN3O3. The molecule has 1 atom stereocenters. The topological polar surface area (TPSA) is 88.2 Å². The first-order valence-corrected chi connectivity index (χ1v) is 5.96. The van der Waals surface area contributed by atoms with Crippen LogP contribution in [-0.4, -0.2) is 27.7 Å². The summed E-state index contributed by atoms with van der Waals surface area (Å²) in [4.78, 5) is 15.4. The first kappa shape index (κ1) is 13.5. The van der Waals surface area contributed by atoms with E-state index in [1.165, 1.54) is 0 Å². The van der Waals surface area contributed by atoms with Gasteiger partial charge >= 0.3 is 0 Å². The van der Waals surface area contributed by atoms with E-state index in [2.05, 4.69) is 15.5 Å². The zero-order valence-corrected chi connectivity index (χ0v) is 10.9. The maximum absolute atomic E-state index is 11.6. The number of amides is 1. The lowest BCUT2D eigenvalue weighted by Gasteiger charge is -2.11. The zero-order chi connectivity index (χ0) is 13.8. The Labute approximate surface area is 114 Å². The number of aromatic nitrogens is 2. The molecule has 6 nitrogen and oxygen atoms in total. The van der Waals surface area contributed by atoms with Crippen LogP contribution in [0.15, 0.2) is 28.8 Å². The minimum Gasteiger partial charge on any atom is -0.387 e. The molecule has 100 valence electrons. The van der Waals surface area contributed by atoms with Crippen LogP contribution in [0.1, 0.15) is 28.2 Å². The fourth-order valence-corrected chi connectivity index (χ4v) is 1.59. The van der Waals surface area contributed by atoms with Crippen LogP contribution in [0.2, 0.25) is 5.02 Å². The molecule has 0 spiro atoms. The van der Waals surface area contributed by atoms with Gasteiger partial charge in [-0.1, -0.05) is 28.9 Å². The van der Waals surface area contributed by atoms with E-state index in [4.69, 9.17) is 16.1 Å². The molecule has 1 heterocycles. The van der Waals surface area contributed by atoms with Crippen molar-refractivity contribution in [2.45, 2.75) is 13.0 Å². The average molecular weight is 282 g/mol. The van der Waals surface area contributed by atoms with Crippen molar-refractivity contribution in [3.8, 4) is 0 Å². The second-order valence-corrected chi connectivity index (χ2v) is 4.35. The highest BCUT2D eigenvalue weighted by Crippen LogP contribution is 2.15. The monoisotopic (exact) mass is 281 g/mol. The van der Waals surface area contributed by atoms with Gasteiger partial charge < -0.3 is 14.9 Å². The maximum Gasteiger partial charge on any atom is 0.292 e. The van der Waals surface area contributed by atoms with Gasteiger partial charge in [0, 0.05) is 18.5 Å². The molecule has 1 unspecified atom stereocenters. The van der Waals surface area contributed by atoms with Gasteiger partial charge in [0.15, 0.2) is 0 Å². The molecule has 2 aromatic rings. The lowest BCUT2D eigenvalue weighted by molar-refractivity contribution is 0.0903. The van der Waals surface area contributed by atoms with Gasteiger partial charge in [-0.05, 0) is 17.7 Å². The highest BCUT2D eigenvalue weighted by molar-refractivity contribution is 6.30. The molecule has 0 fully saturated rings. The summed E-state index contributed by atoms with van der Waals surface area (Å²) in [6.07, 6.45) is -0.825. The summed E-state index contributed by atoms with van der Waals surface area (Å²) < 4.78 is 4.69. The van der Waals surface area contributed by atoms with Crippen LogP contribution in [0.3, 0.4) is 0 Å². The fourth-order valence-electron chi connectivity index (χ4n) is 1.46. The summed E-state index contributed by atoms with van der Waals surface area (Å²) in [5.41, 5.74) is 0.661. The van der Waals surface area contributed by atoms with Crippen LogP contribution in [0.4, 0.5) is 0 Å². The van der Waals surface area contributed by atoms with Crippen molar-refractivity contribution >= 4 is 17.5 Å². The Morgan fingerprint density at radius 2 is 2.16 bits per heavy atom. The van der Waals surface area contributed by atoms with Gasteiger partial charge in [-0.3, -0.25) is 4.79 Å². The molecule has 1 aromatic carbocycles. The second kappa shape index (κ2) is 5.81. The third-order valence-electron chi connectivity index (χ3n) is 2.44. The van der Waals surface area contributed by atoms with Gasteiger partial charge in [0.2, 0.25) is 5.89 Å². The third-order valence-corrected chi connectivity index (χ3v) is 2.69. The lowest BCUT2D eigenvalue weighted by atomic mass is 10.1. The molecule has 2 rings (SSSR count). The number of benzene rings is 1. The summed E-state index contributed by atoms with van der Waals surface area (Å²) in [5.74, 6) is -0.242. The first-order chi connectivity index (χ1) is 9.06. The highest BCUT2D eigenvalue weighted by atomic mass is 35.5. The number of nitrogens with zero attached hydrogens (tertiary/aromatic N) is 2. The van der Waals surface area contributed by atoms with E-state index in [9.17, 15) is 9.90 Å². The molecule has 0 aliphatic carbocycles. The zero-order valence-electron chi connectivity index (χ0n) is 10.1. The molecule has 1 amide bonds. The molecule has 2 N–H and O–H groups in total. The molecular weight excluding hydrogens is 270 g/mol. The lowest BCUT2D eigenvalue weighted by Crippen LogP contribution is -2.29. The molecule has 0 aliphatic heterocycles. The van der Waals surface area contributed by atoms with Gasteiger partial charge in [0.25, 0.3) is 11.7 Å². The van der Waals surface area contributed by atoms with Crippen molar-refractivity contribution in [2.75, 3.05) is 6.54 Å². The first-order valence-electron chi connectivity index (χ1n) is 5.58. The Kier molecular flexibility index (Phi) is 4.13. The van der Waals surface area contributed by atoms with Gasteiger partial charge in [0.1, 0.15) is 0 Å². The van der Waals surface area contributed by atoms with E-state index in [0.717, 1.165) is 0 Å². The Morgan fingerprint density at radius 3 is 2.74 bits per heavy atom. The van der Waals surface area contributed by atoms with Crippen molar-refractivity contribution in [3.63, 3.8) is 0 Å². The summed E-state index contributed by atoms with van der Waals surface area (Å²) in [6.45, 7) is 1.64. The molecule has 0 radical (unpaired) electrons. The summed E-state index contributed by atoms with van der Waals surface area (Å²) in [7, 11) is 0. The van der Waals surface area contributed by atoms with E-state index >= 15 is 0 Å². The minimum atomic E-state index is -0.825. The molecule has 7 heteroatoms. The molecule has 1 aromatic heterocycles. The number of carbonyl (C=O) groups is 1. The quantitative estimate of drug-likeness (QED) is 0.886. The standard InChI is InChI=1S/C12H12ClN3O3/c1-7-15-11(16-19-7)12(18)14-6-10(17)8-2-4-9(13)5-3-8/h2-5,10,17H,6H2,1H3,(H,14,18). The van der Waals surface area contributed by atoms with E-state index in [1.807, 2.05) is 0 Å². The van der Waals surface area contributed by atoms with Crippen LogP contribution in [0.25, 0.3) is 0 Å². The minimum absolute atomic E-state index is 0.0497. The van der Waals surface area contributed by atoms with Crippen LogP contribution < -0.4 is 5.32 Å². The van der Waals surface area contributed by atoms with Gasteiger partial charge in [-0.15, -0.1) is 0 Å². The fraction of sp³-hybridized carbons (Fsp3) is 0.250. The molecule has 0 saturated heterocycles. The SMILES string of the molecule is Cc1nc(C(=O)NCC(O)c2ccc(Cl)cc2)no1. The highest BCUT2D eigenvalue weighted by Gasteiger charge is 2.15. The molecule has 0 aliphatic rings. The van der Waals surface area contributed by atoms with E-state index in [1.54, 1.807) is 31.2 Å². The Bertz CT molecular complexity index is 568. The number of halogens is 1. The number of hydrogen-bond donors (Lipinski definition) is 2. The summed E-state index contributed by atoms with van der Waals surface area (Å²) >= 11 is 5.75. The van der Waals surface area contributed by atoms with Crippen molar-refractivity contribution < 1.29 is 14.4 Å². The third kappa shape index (κ3) is 3.52. The number of carbonyl (C=O) groups excluding carboxylic acids is 1. The van der Waals surface area contributed by atoms with Gasteiger partial charge in [0.05, 0.1) is 6.10 Å². The van der Waals surface area contributed by atoms with Crippen LogP contribution in [-0.2, 0) is 0 Å². The molecule has 19 heavy (non-hydrogen) atoms. The summed E-state index contributed by atoms with van der Waals surface area (Å²) in [6, 6.07) is 6.73. The number of aliphatic hydroxyl groups is 1. The van der Waals surface area contributed by atoms with Crippen LogP contribution >= 0.6 is 11.6 Å². The van der Waals surface area contributed by atoms with Crippen molar-refractivity contribution in [1.29, 1.82) is 0 Å². The van der Waals surface area contributed by atoms with Crippen LogP contribution in [0.5, 0.6) is 0 Å². The Morgan fingerprint density at radius 1 is 1.47 bits per heavy atom. The maximum atomic E-state index is 11.6. The van der Waals surface area contributed by atoms with Gasteiger partial charge in [-0.25, -0.2) is 0 Å². The number of nitrogens with one attached hydrogen (secondary N) is 1. The van der Waals surface area contributed by atoms with E-state index < -0.39 is 12.0 Å². The van der Waals surface area contributed by atoms with E-state index in [-0.39, 0.29) is 12.4 Å². The largest absolute Gasteiger partial charge is 0.387 e. The number of hydrogen-bond acceptors (Lipinski definition) is 5. The van der Waals surface area contributed by atoms with Crippen molar-refractivity contribution in [2.24, 2.45) is 0 Å². The van der Waals surface area contributed by atoms with Gasteiger partial charge in [-0.2, -0.15) is 4.98 Å². The average Bonchev–Trinajstić information content (AvgIpc) is 2.83.